The number of carbonyl (C=O) groups is 4. The van der Waals surface area contributed by atoms with Crippen molar-refractivity contribution < 1.29 is 28.8 Å². The molecule has 1 heterocycles. The summed E-state index contributed by atoms with van der Waals surface area (Å²) >= 11 is 0. The van der Waals surface area contributed by atoms with E-state index in [-0.39, 0.29) is 11.1 Å². The highest BCUT2D eigenvalue weighted by molar-refractivity contribution is 6.20. The molecular weight excluding hydrogens is 400 g/mol. The van der Waals surface area contributed by atoms with Crippen molar-refractivity contribution in [2.24, 2.45) is 0 Å². The third kappa shape index (κ3) is 4.91. The van der Waals surface area contributed by atoms with Gasteiger partial charge < -0.3 is 14.9 Å². The van der Waals surface area contributed by atoms with Gasteiger partial charge in [-0.15, -0.1) is 0 Å². The molecule has 0 fully saturated rings. The summed E-state index contributed by atoms with van der Waals surface area (Å²) < 4.78 is 5.26. The van der Waals surface area contributed by atoms with Crippen molar-refractivity contribution in [3.8, 4) is 0 Å². The van der Waals surface area contributed by atoms with E-state index in [2.05, 4.69) is 5.32 Å². The smallest absolute Gasteiger partial charge is 0.408 e. The Morgan fingerprint density at radius 2 is 1.42 bits per heavy atom. The summed E-state index contributed by atoms with van der Waals surface area (Å²) in [4.78, 5) is 55.6. The molecule has 1 aliphatic heterocycles. The van der Waals surface area contributed by atoms with Crippen LogP contribution in [0.5, 0.6) is 0 Å². The minimum Gasteiger partial charge on any atom is -0.444 e. The fourth-order valence-electron chi connectivity index (χ4n) is 3.17. The largest absolute Gasteiger partial charge is 0.444 e. The zero-order valence-electron chi connectivity index (χ0n) is 17.7. The van der Waals surface area contributed by atoms with Crippen LogP contribution in [0.3, 0.4) is 0 Å². The van der Waals surface area contributed by atoms with Gasteiger partial charge >= 0.3 is 12.1 Å². The molecule has 0 saturated carbocycles. The van der Waals surface area contributed by atoms with E-state index in [0.29, 0.717) is 5.06 Å². The number of hydrogen-bond donors (Lipinski definition) is 1. The first kappa shape index (κ1) is 22.0. The predicted octanol–water partition coefficient (Wildman–Crippen LogP) is 3.44. The second-order valence-electron chi connectivity index (χ2n) is 8.18. The van der Waals surface area contributed by atoms with Crippen molar-refractivity contribution >= 4 is 23.9 Å². The lowest BCUT2D eigenvalue weighted by atomic mass is 9.93. The number of nitrogens with zero attached hydrogens (tertiary/aromatic N) is 1. The van der Waals surface area contributed by atoms with Crippen molar-refractivity contribution in [3.05, 3.63) is 71.3 Å². The molecule has 0 saturated heterocycles. The standard InChI is InChI=1S/C23H24N2O6/c1-14(15-10-6-5-7-11-15)18(24-22(29)30-23(2,3)4)21(28)31-25-19(26)16-12-8-9-13-17(16)20(25)27/h5-14,18H,1-4H3,(H,24,29). The van der Waals surface area contributed by atoms with E-state index < -0.39 is 41.4 Å². The minimum absolute atomic E-state index is 0.146. The Morgan fingerprint density at radius 1 is 0.903 bits per heavy atom. The quantitative estimate of drug-likeness (QED) is 0.738. The predicted molar refractivity (Wildman–Crippen MR) is 111 cm³/mol. The Balaban J connectivity index is 1.83. The van der Waals surface area contributed by atoms with Crippen LogP contribution in [0.1, 0.15) is 59.9 Å². The summed E-state index contributed by atoms with van der Waals surface area (Å²) in [5.74, 6) is -2.97. The minimum atomic E-state index is -1.21. The summed E-state index contributed by atoms with van der Waals surface area (Å²) in [6, 6.07) is 14.0. The average molecular weight is 424 g/mol. The summed E-state index contributed by atoms with van der Waals surface area (Å²) in [7, 11) is 0. The first-order valence-electron chi connectivity index (χ1n) is 9.82. The zero-order chi connectivity index (χ0) is 22.8. The van der Waals surface area contributed by atoms with Crippen LogP contribution in [0.25, 0.3) is 0 Å². The number of imide groups is 1. The molecule has 1 N–H and O–H groups in total. The van der Waals surface area contributed by atoms with Gasteiger partial charge in [0, 0.05) is 5.92 Å². The van der Waals surface area contributed by atoms with Crippen molar-refractivity contribution in [2.75, 3.05) is 0 Å². The molecule has 8 heteroatoms. The first-order chi connectivity index (χ1) is 14.6. The number of carbonyl (C=O) groups excluding carboxylic acids is 4. The maximum atomic E-state index is 13.0. The molecule has 2 aromatic rings. The van der Waals surface area contributed by atoms with E-state index in [0.717, 1.165) is 5.56 Å². The first-order valence-corrected chi connectivity index (χ1v) is 9.82. The highest BCUT2D eigenvalue weighted by Gasteiger charge is 2.41. The van der Waals surface area contributed by atoms with Crippen LogP contribution < -0.4 is 5.32 Å². The topological polar surface area (TPSA) is 102 Å². The van der Waals surface area contributed by atoms with Gasteiger partial charge in [-0.3, -0.25) is 9.59 Å². The van der Waals surface area contributed by atoms with E-state index in [1.165, 1.54) is 12.1 Å². The van der Waals surface area contributed by atoms with Gasteiger partial charge in [-0.1, -0.05) is 54.5 Å². The fraction of sp³-hybridized carbons (Fsp3) is 0.304. The number of amides is 3. The number of hydrogen-bond acceptors (Lipinski definition) is 6. The third-order valence-corrected chi connectivity index (χ3v) is 4.69. The number of hydroxylamine groups is 2. The highest BCUT2D eigenvalue weighted by atomic mass is 16.7. The van der Waals surface area contributed by atoms with Gasteiger partial charge in [0.15, 0.2) is 0 Å². The van der Waals surface area contributed by atoms with Crippen molar-refractivity contribution in [2.45, 2.75) is 45.3 Å². The normalized spacial score (nSPS) is 15.2. The molecule has 31 heavy (non-hydrogen) atoms. The van der Waals surface area contributed by atoms with Crippen LogP contribution in [-0.2, 0) is 14.4 Å². The maximum absolute atomic E-state index is 13.0. The number of ether oxygens (including phenoxy) is 1. The Labute approximate surface area is 180 Å². The molecule has 2 aromatic carbocycles. The fourth-order valence-corrected chi connectivity index (χ4v) is 3.17. The Bertz CT molecular complexity index is 977. The summed E-state index contributed by atoms with van der Waals surface area (Å²) in [5.41, 5.74) is 0.265. The molecular formula is C23H24N2O6. The number of alkyl carbamates (subject to hydrolysis) is 1. The Kier molecular flexibility index (Phi) is 6.10. The number of nitrogens with one attached hydrogen (secondary N) is 1. The molecule has 0 aliphatic carbocycles. The van der Waals surface area contributed by atoms with E-state index in [9.17, 15) is 19.2 Å². The molecule has 0 bridgehead atoms. The van der Waals surface area contributed by atoms with Crippen LogP contribution in [0, 0.1) is 0 Å². The molecule has 2 unspecified atom stereocenters. The van der Waals surface area contributed by atoms with Crippen molar-refractivity contribution in [1.29, 1.82) is 0 Å². The van der Waals surface area contributed by atoms with Gasteiger partial charge in [0.2, 0.25) is 0 Å². The monoisotopic (exact) mass is 424 g/mol. The van der Waals surface area contributed by atoms with Gasteiger partial charge in [-0.05, 0) is 38.5 Å². The van der Waals surface area contributed by atoms with Gasteiger partial charge in [-0.2, -0.15) is 0 Å². The molecule has 8 nitrogen and oxygen atoms in total. The van der Waals surface area contributed by atoms with E-state index in [1.807, 2.05) is 6.07 Å². The molecule has 0 radical (unpaired) electrons. The van der Waals surface area contributed by atoms with Crippen LogP contribution in [0.15, 0.2) is 54.6 Å². The van der Waals surface area contributed by atoms with E-state index in [4.69, 9.17) is 9.57 Å². The van der Waals surface area contributed by atoms with E-state index >= 15 is 0 Å². The van der Waals surface area contributed by atoms with Crippen LogP contribution in [0.4, 0.5) is 4.79 Å². The van der Waals surface area contributed by atoms with E-state index in [1.54, 1.807) is 64.1 Å². The number of fused-ring (bicyclic) bond motifs is 1. The van der Waals surface area contributed by atoms with Crippen LogP contribution >= 0.6 is 0 Å². The maximum Gasteiger partial charge on any atom is 0.408 e. The molecule has 3 amide bonds. The molecule has 3 rings (SSSR count). The average Bonchev–Trinajstić information content (AvgIpc) is 2.96. The molecule has 0 aromatic heterocycles. The van der Waals surface area contributed by atoms with Crippen LogP contribution in [0.2, 0.25) is 0 Å². The molecule has 2 atom stereocenters. The van der Waals surface area contributed by atoms with Crippen molar-refractivity contribution in [3.63, 3.8) is 0 Å². The molecule has 0 spiro atoms. The highest BCUT2D eigenvalue weighted by Crippen LogP contribution is 2.25. The zero-order valence-corrected chi connectivity index (χ0v) is 17.7. The number of rotatable bonds is 5. The summed E-state index contributed by atoms with van der Waals surface area (Å²) in [6.45, 7) is 6.80. The molecule has 162 valence electrons. The SMILES string of the molecule is CC(c1ccccc1)C(NC(=O)OC(C)(C)C)C(=O)ON1C(=O)c2ccccc2C1=O. The second-order valence-corrected chi connectivity index (χ2v) is 8.18. The summed E-state index contributed by atoms with van der Waals surface area (Å²) in [5, 5.41) is 2.94. The lowest BCUT2D eigenvalue weighted by Crippen LogP contribution is -2.49. The van der Waals surface area contributed by atoms with Gasteiger partial charge in [0.25, 0.3) is 11.8 Å². The molecule has 1 aliphatic rings. The Hall–Kier alpha value is -3.68. The van der Waals surface area contributed by atoms with Gasteiger partial charge in [0.1, 0.15) is 11.6 Å². The van der Waals surface area contributed by atoms with Gasteiger partial charge in [-0.25, -0.2) is 9.59 Å². The number of benzene rings is 2. The second kappa shape index (κ2) is 8.59. The summed E-state index contributed by atoms with van der Waals surface area (Å²) in [6.07, 6.45) is -0.820. The van der Waals surface area contributed by atoms with Crippen LogP contribution in [-0.4, -0.2) is 40.6 Å². The van der Waals surface area contributed by atoms with Crippen molar-refractivity contribution in [1.82, 2.24) is 10.4 Å². The Morgan fingerprint density at radius 3 is 1.94 bits per heavy atom. The van der Waals surface area contributed by atoms with Gasteiger partial charge in [0.05, 0.1) is 11.1 Å². The third-order valence-electron chi connectivity index (χ3n) is 4.69. The lowest BCUT2D eigenvalue weighted by Gasteiger charge is -2.27. The lowest BCUT2D eigenvalue weighted by molar-refractivity contribution is -0.171.